The largest absolute Gasteiger partial charge is 0.573 e. The van der Waals surface area contributed by atoms with Crippen molar-refractivity contribution in [3.8, 4) is 34.4 Å². The first-order valence-electron chi connectivity index (χ1n) is 11.5. The fraction of sp³-hybridized carbons (Fsp3) is 0.308. The number of rotatable bonds is 9. The minimum Gasteiger partial charge on any atom is -0.489 e. The van der Waals surface area contributed by atoms with Crippen molar-refractivity contribution in [1.82, 2.24) is 15.2 Å². The molecule has 0 fully saturated rings. The topological polar surface area (TPSA) is 73.2 Å². The van der Waals surface area contributed by atoms with Crippen LogP contribution in [-0.2, 0) is 6.61 Å². The quantitative estimate of drug-likeness (QED) is 0.226. The van der Waals surface area contributed by atoms with E-state index in [0.717, 1.165) is 23.3 Å². The zero-order chi connectivity index (χ0) is 26.1. The summed E-state index contributed by atoms with van der Waals surface area (Å²) in [5, 5.41) is 7.77. The van der Waals surface area contributed by atoms with E-state index in [-0.39, 0.29) is 12.4 Å². The lowest BCUT2D eigenvalue weighted by molar-refractivity contribution is -0.274. The van der Waals surface area contributed by atoms with Crippen molar-refractivity contribution in [2.24, 2.45) is 0 Å². The Balaban J connectivity index is 0.00000176. The number of furan rings is 1. The highest BCUT2D eigenvalue weighted by Crippen LogP contribution is 2.31. The lowest BCUT2D eigenvalue weighted by Crippen LogP contribution is -2.17. The van der Waals surface area contributed by atoms with Crippen molar-refractivity contribution in [3.05, 3.63) is 65.7 Å². The molecule has 0 amide bonds. The summed E-state index contributed by atoms with van der Waals surface area (Å²) in [5.41, 5.74) is 1.91. The van der Waals surface area contributed by atoms with Crippen LogP contribution in [0.3, 0.4) is 0 Å². The minimum atomic E-state index is -4.72. The van der Waals surface area contributed by atoms with Crippen LogP contribution in [-0.4, -0.2) is 27.3 Å². The number of H-pyrrole nitrogens is 1. The summed E-state index contributed by atoms with van der Waals surface area (Å²) in [6.45, 7) is 7.84. The van der Waals surface area contributed by atoms with Gasteiger partial charge < -0.3 is 13.9 Å². The number of halogens is 3. The Bertz CT molecular complexity index is 1250. The van der Waals surface area contributed by atoms with Crippen molar-refractivity contribution in [1.29, 1.82) is 0 Å². The third-order valence-corrected chi connectivity index (χ3v) is 5.78. The van der Waals surface area contributed by atoms with Gasteiger partial charge in [-0.15, -0.1) is 18.3 Å². The summed E-state index contributed by atoms with van der Waals surface area (Å²) in [6, 6.07) is 15.5. The molecule has 4 rings (SSSR count). The van der Waals surface area contributed by atoms with E-state index in [1.807, 2.05) is 44.2 Å². The molecule has 0 aliphatic rings. The number of nitrogens with one attached hydrogen (secondary N) is 1. The molecule has 2 aromatic heterocycles. The second-order valence-electron chi connectivity index (χ2n) is 7.44. The maximum atomic E-state index is 12.4. The zero-order valence-electron chi connectivity index (χ0n) is 20.5. The highest BCUT2D eigenvalue weighted by Gasteiger charge is 2.31. The molecule has 0 atom stereocenters. The summed E-state index contributed by atoms with van der Waals surface area (Å²) in [4.78, 5) is 4.44. The number of hydrogen-bond donors (Lipinski definition) is 1. The van der Waals surface area contributed by atoms with Crippen molar-refractivity contribution >= 4 is 11.8 Å². The van der Waals surface area contributed by atoms with Gasteiger partial charge in [-0.1, -0.05) is 50.7 Å². The molecule has 192 valence electrons. The fourth-order valence-corrected chi connectivity index (χ4v) is 3.83. The van der Waals surface area contributed by atoms with E-state index < -0.39 is 6.36 Å². The molecular formula is C26H28F3N3O3S. The predicted molar refractivity (Wildman–Crippen MR) is 134 cm³/mol. The summed E-state index contributed by atoms with van der Waals surface area (Å²) < 4.78 is 53.2. The first kappa shape index (κ1) is 27.2. The number of alkyl halides is 3. The van der Waals surface area contributed by atoms with E-state index in [1.54, 1.807) is 36.9 Å². The monoisotopic (exact) mass is 519 g/mol. The van der Waals surface area contributed by atoms with Gasteiger partial charge in [0.05, 0.1) is 0 Å². The fourth-order valence-electron chi connectivity index (χ4n) is 3.18. The van der Waals surface area contributed by atoms with Crippen LogP contribution >= 0.6 is 11.8 Å². The number of aromatic amines is 1. The maximum Gasteiger partial charge on any atom is 0.573 e. The van der Waals surface area contributed by atoms with Gasteiger partial charge >= 0.3 is 6.36 Å². The van der Waals surface area contributed by atoms with Crippen LogP contribution in [0, 0.1) is 6.92 Å². The number of ether oxygens (including phenoxy) is 2. The third kappa shape index (κ3) is 7.55. The Hall–Kier alpha value is -3.40. The van der Waals surface area contributed by atoms with Crippen LogP contribution in [0.25, 0.3) is 22.9 Å². The SMILES string of the molecule is CC.CCCSc1n[nH]c(-c2ccc(-c3cccc(OCc4ccc(OC(F)(F)F)c(C)c4)c3)o2)n1. The summed E-state index contributed by atoms with van der Waals surface area (Å²) in [7, 11) is 0. The molecular weight excluding hydrogens is 491 g/mol. The average Bonchev–Trinajstić information content (AvgIpc) is 3.54. The van der Waals surface area contributed by atoms with Crippen molar-refractivity contribution < 1.29 is 27.1 Å². The van der Waals surface area contributed by atoms with Crippen molar-refractivity contribution in [3.63, 3.8) is 0 Å². The van der Waals surface area contributed by atoms with Crippen LogP contribution in [0.1, 0.15) is 38.3 Å². The molecule has 0 spiro atoms. The standard InChI is InChI=1S/C24H22F3N3O3S.C2H6/c1-3-11-34-23-28-22(29-30-23)21-10-9-20(32-21)17-5-4-6-18(13-17)31-14-16-7-8-19(15(2)12-16)33-24(25,26)27;1-2/h4-10,12-13H,3,11,14H2,1-2H3,(H,28,29,30);1-2H3. The van der Waals surface area contributed by atoms with Crippen LogP contribution in [0.2, 0.25) is 0 Å². The molecule has 1 N–H and O–H groups in total. The minimum absolute atomic E-state index is 0.191. The van der Waals surface area contributed by atoms with E-state index in [1.165, 1.54) is 6.07 Å². The molecule has 0 bridgehead atoms. The van der Waals surface area contributed by atoms with Gasteiger partial charge in [-0.25, -0.2) is 0 Å². The molecule has 0 saturated heterocycles. The first-order chi connectivity index (χ1) is 17.3. The summed E-state index contributed by atoms with van der Waals surface area (Å²) >= 11 is 1.58. The Morgan fingerprint density at radius 3 is 2.53 bits per heavy atom. The smallest absolute Gasteiger partial charge is 0.489 e. The maximum absolute atomic E-state index is 12.4. The van der Waals surface area contributed by atoms with E-state index in [9.17, 15) is 13.2 Å². The molecule has 0 aliphatic carbocycles. The molecule has 0 saturated carbocycles. The number of hydrogen-bond acceptors (Lipinski definition) is 6. The molecule has 36 heavy (non-hydrogen) atoms. The van der Waals surface area contributed by atoms with Gasteiger partial charge in [-0.3, -0.25) is 5.10 Å². The summed E-state index contributed by atoms with van der Waals surface area (Å²) in [6.07, 6.45) is -3.69. The molecule has 0 aliphatic heterocycles. The average molecular weight is 520 g/mol. The second kappa shape index (κ2) is 12.5. The van der Waals surface area contributed by atoms with Gasteiger partial charge in [-0.2, -0.15) is 4.98 Å². The van der Waals surface area contributed by atoms with Crippen LogP contribution < -0.4 is 9.47 Å². The van der Waals surface area contributed by atoms with Gasteiger partial charge in [0.25, 0.3) is 0 Å². The van der Waals surface area contributed by atoms with E-state index in [2.05, 4.69) is 26.8 Å². The first-order valence-corrected chi connectivity index (χ1v) is 12.5. The highest BCUT2D eigenvalue weighted by atomic mass is 32.2. The molecule has 6 nitrogen and oxygen atoms in total. The summed E-state index contributed by atoms with van der Waals surface area (Å²) in [5.74, 6) is 3.10. The van der Waals surface area contributed by atoms with Crippen LogP contribution in [0.4, 0.5) is 13.2 Å². The molecule has 4 aromatic rings. The van der Waals surface area contributed by atoms with Crippen LogP contribution in [0.5, 0.6) is 11.5 Å². The predicted octanol–water partition coefficient (Wildman–Crippen LogP) is 8.05. The Morgan fingerprint density at radius 1 is 1.03 bits per heavy atom. The van der Waals surface area contributed by atoms with Gasteiger partial charge in [0, 0.05) is 11.3 Å². The third-order valence-electron chi connectivity index (χ3n) is 4.73. The Labute approximate surface area is 212 Å². The second-order valence-corrected chi connectivity index (χ2v) is 8.51. The van der Waals surface area contributed by atoms with Gasteiger partial charge in [-0.05, 0) is 60.9 Å². The van der Waals surface area contributed by atoms with Gasteiger partial charge in [0.15, 0.2) is 11.6 Å². The molecule has 0 unspecified atom stereocenters. The van der Waals surface area contributed by atoms with E-state index in [0.29, 0.717) is 33.8 Å². The Morgan fingerprint density at radius 2 is 1.81 bits per heavy atom. The molecule has 0 radical (unpaired) electrons. The number of benzene rings is 2. The van der Waals surface area contributed by atoms with Gasteiger partial charge in [0.1, 0.15) is 23.9 Å². The molecule has 2 aromatic carbocycles. The van der Waals surface area contributed by atoms with Crippen molar-refractivity contribution in [2.75, 3.05) is 5.75 Å². The van der Waals surface area contributed by atoms with Gasteiger partial charge in [0.2, 0.25) is 5.16 Å². The molecule has 2 heterocycles. The number of aromatic nitrogens is 3. The van der Waals surface area contributed by atoms with Crippen LogP contribution in [0.15, 0.2) is 64.2 Å². The molecule has 10 heteroatoms. The van der Waals surface area contributed by atoms with Crippen molar-refractivity contribution in [2.45, 2.75) is 52.2 Å². The van der Waals surface area contributed by atoms with E-state index >= 15 is 0 Å². The Kier molecular flexibility index (Phi) is 9.46. The number of nitrogens with zero attached hydrogens (tertiary/aromatic N) is 2. The highest BCUT2D eigenvalue weighted by molar-refractivity contribution is 7.99. The van der Waals surface area contributed by atoms with E-state index in [4.69, 9.17) is 9.15 Å². The number of aryl methyl sites for hydroxylation is 1. The number of thioether (sulfide) groups is 1. The zero-order valence-corrected chi connectivity index (χ0v) is 21.3. The lowest BCUT2D eigenvalue weighted by atomic mass is 10.1. The lowest BCUT2D eigenvalue weighted by Gasteiger charge is -2.13. The normalized spacial score (nSPS) is 11.1.